The van der Waals surface area contributed by atoms with E-state index >= 15 is 0 Å². The first-order valence-corrected chi connectivity index (χ1v) is 7.78. The molecule has 0 fully saturated rings. The molecule has 2 N–H and O–H groups in total. The molecule has 10 nitrogen and oxygen atoms in total. The van der Waals surface area contributed by atoms with Gasteiger partial charge in [-0.05, 0) is 17.7 Å². The van der Waals surface area contributed by atoms with E-state index in [1.54, 1.807) is 24.3 Å². The topological polar surface area (TPSA) is 137 Å². The number of hydrogen-bond donors (Lipinski definition) is 2. The van der Waals surface area contributed by atoms with E-state index in [-0.39, 0.29) is 40.7 Å². The number of aromatic nitrogens is 3. The molecule has 0 saturated heterocycles. The van der Waals surface area contributed by atoms with E-state index in [4.69, 9.17) is 4.74 Å². The number of pyridine rings is 1. The number of carbonyl (C=O) groups is 1. The fraction of sp³-hybridized carbons (Fsp3) is 0.118. The van der Waals surface area contributed by atoms with Gasteiger partial charge in [0.15, 0.2) is 5.65 Å². The Hall–Kier alpha value is -4.31. The van der Waals surface area contributed by atoms with Crippen molar-refractivity contribution in [3.05, 3.63) is 45.7 Å². The monoisotopic (exact) mass is 361 g/mol. The van der Waals surface area contributed by atoms with Crippen molar-refractivity contribution >= 4 is 17.5 Å². The highest BCUT2D eigenvalue weighted by Gasteiger charge is 2.27. The first-order chi connectivity index (χ1) is 13.1. The van der Waals surface area contributed by atoms with Crippen molar-refractivity contribution in [2.75, 3.05) is 12.5 Å². The maximum absolute atomic E-state index is 13.0. The molecule has 3 heterocycles. The molecule has 1 aliphatic heterocycles. The van der Waals surface area contributed by atoms with Crippen LogP contribution >= 0.6 is 0 Å². The van der Waals surface area contributed by atoms with Crippen LogP contribution in [0.5, 0.6) is 5.75 Å². The van der Waals surface area contributed by atoms with Crippen LogP contribution in [0.3, 0.4) is 0 Å². The van der Waals surface area contributed by atoms with Crippen LogP contribution in [-0.2, 0) is 11.3 Å². The number of rotatable bonds is 2. The average molecular weight is 361 g/mol. The van der Waals surface area contributed by atoms with Crippen molar-refractivity contribution in [3.63, 3.8) is 0 Å². The van der Waals surface area contributed by atoms with Crippen LogP contribution in [0.15, 0.2) is 29.1 Å². The Balaban J connectivity index is 2.11. The number of nitrogens with zero attached hydrogens (tertiary/aromatic N) is 5. The Morgan fingerprint density at radius 1 is 1.11 bits per heavy atom. The molecule has 27 heavy (non-hydrogen) atoms. The van der Waals surface area contributed by atoms with Crippen LogP contribution in [0.2, 0.25) is 0 Å². The standard InChI is InChI=1S/C17H11N7O3/c1-27-10-4-2-9(3-5-10)14-11(6-18)15-20-17-22-21-13(25)8-23(17)24(15)16(26)12(14)7-19/h2-5H,8H2,1H3,(H,20,22)(H,21,25). The zero-order valence-corrected chi connectivity index (χ0v) is 14.0. The minimum Gasteiger partial charge on any atom is -0.497 e. The van der Waals surface area contributed by atoms with Gasteiger partial charge in [-0.15, -0.1) is 0 Å². The van der Waals surface area contributed by atoms with Gasteiger partial charge in [0.2, 0.25) is 5.95 Å². The Kier molecular flexibility index (Phi) is 3.53. The molecule has 0 atom stereocenters. The van der Waals surface area contributed by atoms with E-state index in [2.05, 4.69) is 15.8 Å². The number of ether oxygens (including phenoxy) is 1. The van der Waals surface area contributed by atoms with Gasteiger partial charge in [0.25, 0.3) is 11.5 Å². The van der Waals surface area contributed by atoms with Crippen LogP contribution in [0, 0.1) is 22.7 Å². The molecule has 0 aliphatic carbocycles. The number of anilines is 1. The van der Waals surface area contributed by atoms with Gasteiger partial charge in [0.1, 0.15) is 35.6 Å². The fourth-order valence-electron chi connectivity index (χ4n) is 3.03. The Bertz CT molecular complexity index is 1240. The second kappa shape index (κ2) is 5.89. The molecule has 0 spiro atoms. The quantitative estimate of drug-likeness (QED) is 0.672. The zero-order valence-electron chi connectivity index (χ0n) is 14.0. The van der Waals surface area contributed by atoms with Crippen molar-refractivity contribution in [3.8, 4) is 29.0 Å². The number of nitrogens with one attached hydrogen (secondary N) is 2. The summed E-state index contributed by atoms with van der Waals surface area (Å²) in [6.07, 6.45) is 0. The van der Waals surface area contributed by atoms with E-state index < -0.39 is 5.56 Å². The minimum atomic E-state index is -0.660. The maximum atomic E-state index is 13.0. The summed E-state index contributed by atoms with van der Waals surface area (Å²) in [5, 5.41) is 19.4. The van der Waals surface area contributed by atoms with Gasteiger partial charge in [-0.2, -0.15) is 20.0 Å². The number of hydrogen-bond acceptors (Lipinski definition) is 7. The third-order valence-electron chi connectivity index (χ3n) is 4.24. The normalized spacial score (nSPS) is 12.5. The van der Waals surface area contributed by atoms with Crippen LogP contribution < -0.4 is 21.1 Å². The molecule has 4 rings (SSSR count). The summed E-state index contributed by atoms with van der Waals surface area (Å²) in [6, 6.07) is 10.6. The summed E-state index contributed by atoms with van der Waals surface area (Å²) < 4.78 is 7.48. The second-order valence-corrected chi connectivity index (χ2v) is 5.68. The number of amides is 1. The van der Waals surface area contributed by atoms with Gasteiger partial charge in [0.05, 0.1) is 7.11 Å². The van der Waals surface area contributed by atoms with E-state index in [1.165, 1.54) is 11.8 Å². The van der Waals surface area contributed by atoms with Crippen LogP contribution in [0.4, 0.5) is 5.95 Å². The predicted molar refractivity (Wildman–Crippen MR) is 92.6 cm³/mol. The average Bonchev–Trinajstić information content (AvgIpc) is 3.06. The van der Waals surface area contributed by atoms with E-state index in [0.29, 0.717) is 11.3 Å². The lowest BCUT2D eigenvalue weighted by Gasteiger charge is -2.16. The van der Waals surface area contributed by atoms with E-state index in [1.807, 2.05) is 12.1 Å². The Labute approximate surface area is 151 Å². The lowest BCUT2D eigenvalue weighted by atomic mass is 9.97. The number of hydrazine groups is 1. The van der Waals surface area contributed by atoms with Crippen molar-refractivity contribution in [2.45, 2.75) is 6.54 Å². The molecule has 1 aromatic carbocycles. The van der Waals surface area contributed by atoms with Crippen molar-refractivity contribution in [1.29, 1.82) is 10.5 Å². The largest absolute Gasteiger partial charge is 0.497 e. The predicted octanol–water partition coefficient (Wildman–Crippen LogP) is 0.372. The molecule has 0 bridgehead atoms. The smallest absolute Gasteiger partial charge is 0.290 e. The molecule has 3 aromatic rings. The molecule has 132 valence electrons. The third-order valence-corrected chi connectivity index (χ3v) is 4.24. The lowest BCUT2D eigenvalue weighted by Crippen LogP contribution is -2.41. The SMILES string of the molecule is COc1ccc(-c2c(C#N)c(=O)n3c(nc4n3CC(=O)NN4)c2C#N)cc1. The molecule has 2 aromatic heterocycles. The first-order valence-electron chi connectivity index (χ1n) is 7.78. The Morgan fingerprint density at radius 3 is 2.44 bits per heavy atom. The number of benzene rings is 1. The van der Waals surface area contributed by atoms with Crippen LogP contribution in [0.25, 0.3) is 16.8 Å². The zero-order chi connectivity index (χ0) is 19.1. The number of methoxy groups -OCH3 is 1. The van der Waals surface area contributed by atoms with Crippen molar-refractivity contribution in [1.82, 2.24) is 19.6 Å². The van der Waals surface area contributed by atoms with Gasteiger partial charge >= 0.3 is 0 Å². The molecule has 0 saturated carbocycles. The fourth-order valence-corrected chi connectivity index (χ4v) is 3.03. The summed E-state index contributed by atoms with van der Waals surface area (Å²) in [5.74, 6) is 0.406. The van der Waals surface area contributed by atoms with Gasteiger partial charge in [-0.3, -0.25) is 20.4 Å². The number of fused-ring (bicyclic) bond motifs is 3. The number of carbonyl (C=O) groups excluding carboxylic acids is 1. The minimum absolute atomic E-state index is 0.0614. The van der Waals surface area contributed by atoms with Gasteiger partial charge in [-0.1, -0.05) is 12.1 Å². The molecule has 1 amide bonds. The molecule has 1 aliphatic rings. The summed E-state index contributed by atoms with van der Waals surface area (Å²) in [4.78, 5) is 28.9. The van der Waals surface area contributed by atoms with Crippen molar-refractivity contribution in [2.24, 2.45) is 0 Å². The highest BCUT2D eigenvalue weighted by Crippen LogP contribution is 2.30. The molecular weight excluding hydrogens is 350 g/mol. The summed E-state index contributed by atoms with van der Waals surface area (Å²) in [6.45, 7) is -0.170. The van der Waals surface area contributed by atoms with E-state index in [9.17, 15) is 20.1 Å². The second-order valence-electron chi connectivity index (χ2n) is 5.68. The summed E-state index contributed by atoms with van der Waals surface area (Å²) in [7, 11) is 1.52. The van der Waals surface area contributed by atoms with E-state index in [0.717, 1.165) is 4.52 Å². The molecule has 0 radical (unpaired) electrons. The molecule has 10 heteroatoms. The highest BCUT2D eigenvalue weighted by molar-refractivity contribution is 5.84. The molecule has 0 unspecified atom stereocenters. The third kappa shape index (κ3) is 2.28. The van der Waals surface area contributed by atoms with Gasteiger partial charge < -0.3 is 4.74 Å². The van der Waals surface area contributed by atoms with Crippen molar-refractivity contribution < 1.29 is 9.53 Å². The van der Waals surface area contributed by atoms with Crippen LogP contribution in [0.1, 0.15) is 11.1 Å². The maximum Gasteiger partial charge on any atom is 0.290 e. The van der Waals surface area contributed by atoms with Gasteiger partial charge in [0, 0.05) is 5.56 Å². The van der Waals surface area contributed by atoms with Gasteiger partial charge in [-0.25, -0.2) is 4.68 Å². The number of nitriles is 2. The molecular formula is C17H11N7O3. The van der Waals surface area contributed by atoms with Crippen LogP contribution in [-0.4, -0.2) is 27.2 Å². The lowest BCUT2D eigenvalue weighted by molar-refractivity contribution is -0.121. The Morgan fingerprint density at radius 2 is 1.81 bits per heavy atom. The highest BCUT2D eigenvalue weighted by atomic mass is 16.5. The summed E-state index contributed by atoms with van der Waals surface area (Å²) in [5.41, 5.74) is 4.94. The summed E-state index contributed by atoms with van der Waals surface area (Å²) >= 11 is 0. The first kappa shape index (κ1) is 16.2.